The van der Waals surface area contributed by atoms with Gasteiger partial charge in [0.2, 0.25) is 0 Å². The third kappa shape index (κ3) is 4.81. The maximum Gasteiger partial charge on any atom is 0.404 e. The molecule has 0 saturated carbocycles. The Morgan fingerprint density at radius 3 is 2.68 bits per heavy atom. The molecule has 0 aliphatic carbocycles. The highest BCUT2D eigenvalue weighted by Crippen LogP contribution is 2.03. The van der Waals surface area contributed by atoms with Crippen molar-refractivity contribution in [3.8, 4) is 0 Å². The number of pyridine rings is 1. The molecule has 0 aromatic carbocycles. The van der Waals surface area contributed by atoms with Gasteiger partial charge in [-0.3, -0.25) is 0 Å². The van der Waals surface area contributed by atoms with Crippen molar-refractivity contribution in [3.63, 3.8) is 0 Å². The number of carboxylic acid groups (broad SMARTS) is 1. The van der Waals surface area contributed by atoms with E-state index in [9.17, 15) is 18.3 Å². The van der Waals surface area contributed by atoms with Crippen LogP contribution in [0.5, 0.6) is 0 Å². The van der Waals surface area contributed by atoms with E-state index in [4.69, 9.17) is 5.11 Å². The van der Waals surface area contributed by atoms with Gasteiger partial charge < -0.3 is 15.5 Å². The van der Waals surface area contributed by atoms with Crippen LogP contribution in [0.2, 0.25) is 0 Å². The van der Waals surface area contributed by atoms with Crippen LogP contribution in [-0.2, 0) is 10.0 Å². The quantitative estimate of drug-likeness (QED) is 0.552. The molecule has 0 radical (unpaired) electrons. The van der Waals surface area contributed by atoms with E-state index in [-0.39, 0.29) is 11.6 Å². The lowest BCUT2D eigenvalue weighted by molar-refractivity contribution is 0.129. The van der Waals surface area contributed by atoms with Gasteiger partial charge in [0.05, 0.1) is 12.1 Å². The Kier molecular flexibility index (Phi) is 5.21. The fourth-order valence-electron chi connectivity index (χ4n) is 1.24. The van der Waals surface area contributed by atoms with Gasteiger partial charge in [0.15, 0.2) is 5.03 Å². The molecule has 2 atom stereocenters. The Labute approximate surface area is 110 Å². The first-order chi connectivity index (χ1) is 8.83. The average molecular weight is 289 g/mol. The molecule has 0 aliphatic heterocycles. The van der Waals surface area contributed by atoms with Crippen LogP contribution in [0.15, 0.2) is 29.4 Å². The topological polar surface area (TPSA) is 129 Å². The van der Waals surface area contributed by atoms with Gasteiger partial charge in [0, 0.05) is 12.7 Å². The van der Waals surface area contributed by atoms with Crippen molar-refractivity contribution in [2.45, 2.75) is 24.1 Å². The molecule has 4 N–H and O–H groups in total. The van der Waals surface area contributed by atoms with E-state index in [1.807, 2.05) is 5.32 Å². The monoisotopic (exact) mass is 289 g/mol. The highest BCUT2D eigenvalue weighted by Gasteiger charge is 2.20. The summed E-state index contributed by atoms with van der Waals surface area (Å²) in [4.78, 5) is 14.0. The number of nitrogens with zero attached hydrogens (tertiary/aromatic N) is 1. The van der Waals surface area contributed by atoms with E-state index < -0.39 is 28.3 Å². The van der Waals surface area contributed by atoms with Crippen LogP contribution in [0.4, 0.5) is 4.79 Å². The summed E-state index contributed by atoms with van der Waals surface area (Å²) in [6.45, 7) is 1.11. The Hall–Kier alpha value is -1.71. The minimum absolute atomic E-state index is 0.166. The highest BCUT2D eigenvalue weighted by molar-refractivity contribution is 7.89. The van der Waals surface area contributed by atoms with Crippen molar-refractivity contribution in [2.24, 2.45) is 0 Å². The standard InChI is InChI=1S/C10H15N3O5S/c1-7(13-10(15)16)8(14)6-12-19(17,18)9-4-2-3-5-11-9/h2-5,7-8,12-14H,6H2,1H3,(H,15,16)/t7-,8+/m0/s1. The molecule has 1 heterocycles. The third-order valence-electron chi connectivity index (χ3n) is 2.32. The number of aliphatic hydroxyl groups is 1. The molecule has 106 valence electrons. The minimum Gasteiger partial charge on any atom is -0.465 e. The van der Waals surface area contributed by atoms with Crippen LogP contribution in [0.25, 0.3) is 0 Å². The Morgan fingerprint density at radius 1 is 1.47 bits per heavy atom. The number of amides is 1. The van der Waals surface area contributed by atoms with Gasteiger partial charge >= 0.3 is 6.09 Å². The van der Waals surface area contributed by atoms with Crippen LogP contribution >= 0.6 is 0 Å². The zero-order valence-corrected chi connectivity index (χ0v) is 11.0. The molecular formula is C10H15N3O5S. The number of nitrogens with one attached hydrogen (secondary N) is 2. The smallest absolute Gasteiger partial charge is 0.404 e. The van der Waals surface area contributed by atoms with Crippen LogP contribution < -0.4 is 10.0 Å². The molecule has 0 fully saturated rings. The zero-order valence-electron chi connectivity index (χ0n) is 10.1. The SMILES string of the molecule is C[C@H](NC(=O)O)[C@H](O)CNS(=O)(=O)c1ccccn1. The summed E-state index contributed by atoms with van der Waals surface area (Å²) in [5.41, 5.74) is 0. The van der Waals surface area contributed by atoms with Gasteiger partial charge in [-0.05, 0) is 19.1 Å². The molecule has 0 unspecified atom stereocenters. The fraction of sp³-hybridized carbons (Fsp3) is 0.400. The van der Waals surface area contributed by atoms with Crippen molar-refractivity contribution in [1.82, 2.24) is 15.0 Å². The number of sulfonamides is 1. The van der Waals surface area contributed by atoms with Gasteiger partial charge in [0.25, 0.3) is 10.0 Å². The Morgan fingerprint density at radius 2 is 2.16 bits per heavy atom. The van der Waals surface area contributed by atoms with Crippen molar-refractivity contribution in [2.75, 3.05) is 6.54 Å². The lowest BCUT2D eigenvalue weighted by atomic mass is 10.2. The predicted octanol–water partition coefficient (Wildman–Crippen LogP) is -0.623. The summed E-state index contributed by atoms with van der Waals surface area (Å²) < 4.78 is 25.7. The number of aliphatic hydroxyl groups excluding tert-OH is 1. The molecular weight excluding hydrogens is 274 g/mol. The van der Waals surface area contributed by atoms with Gasteiger partial charge in [-0.25, -0.2) is 22.9 Å². The summed E-state index contributed by atoms with van der Waals surface area (Å²) in [5, 5.41) is 19.9. The first kappa shape index (κ1) is 15.3. The van der Waals surface area contributed by atoms with Crippen LogP contribution in [0.3, 0.4) is 0 Å². The lowest BCUT2D eigenvalue weighted by Crippen LogP contribution is -2.46. The van der Waals surface area contributed by atoms with Crippen molar-refractivity contribution in [3.05, 3.63) is 24.4 Å². The van der Waals surface area contributed by atoms with Gasteiger partial charge in [-0.1, -0.05) is 6.07 Å². The zero-order chi connectivity index (χ0) is 14.5. The summed E-state index contributed by atoms with van der Waals surface area (Å²) >= 11 is 0. The molecule has 1 rings (SSSR count). The maximum atomic E-state index is 11.8. The van der Waals surface area contributed by atoms with Gasteiger partial charge in [-0.15, -0.1) is 0 Å². The molecule has 0 saturated heterocycles. The first-order valence-corrected chi connectivity index (χ1v) is 6.89. The van der Waals surface area contributed by atoms with E-state index in [1.165, 1.54) is 25.3 Å². The molecule has 1 amide bonds. The molecule has 0 bridgehead atoms. The second-order valence-electron chi connectivity index (χ2n) is 3.83. The lowest BCUT2D eigenvalue weighted by Gasteiger charge is -2.18. The van der Waals surface area contributed by atoms with Crippen molar-refractivity contribution in [1.29, 1.82) is 0 Å². The largest absolute Gasteiger partial charge is 0.465 e. The fourth-order valence-corrected chi connectivity index (χ4v) is 2.24. The third-order valence-corrected chi connectivity index (χ3v) is 3.66. The van der Waals surface area contributed by atoms with Crippen LogP contribution in [0.1, 0.15) is 6.92 Å². The van der Waals surface area contributed by atoms with Crippen molar-refractivity contribution >= 4 is 16.1 Å². The van der Waals surface area contributed by atoms with Crippen LogP contribution in [-0.4, -0.2) is 48.4 Å². The Bertz CT molecular complexity index is 519. The summed E-state index contributed by atoms with van der Waals surface area (Å²) in [6, 6.07) is 3.61. The number of rotatable bonds is 6. The van der Waals surface area contributed by atoms with E-state index in [0.29, 0.717) is 0 Å². The summed E-state index contributed by atoms with van der Waals surface area (Å²) in [7, 11) is -3.81. The molecule has 8 nitrogen and oxygen atoms in total. The number of hydrogen-bond donors (Lipinski definition) is 4. The predicted molar refractivity (Wildman–Crippen MR) is 66.1 cm³/mol. The molecule has 19 heavy (non-hydrogen) atoms. The molecule has 0 aliphatic rings. The van der Waals surface area contributed by atoms with E-state index in [2.05, 4.69) is 9.71 Å². The number of aromatic nitrogens is 1. The van der Waals surface area contributed by atoms with Gasteiger partial charge in [0.1, 0.15) is 0 Å². The first-order valence-electron chi connectivity index (χ1n) is 5.41. The number of carbonyl (C=O) groups is 1. The van der Waals surface area contributed by atoms with E-state index >= 15 is 0 Å². The van der Waals surface area contributed by atoms with E-state index in [0.717, 1.165) is 0 Å². The van der Waals surface area contributed by atoms with Gasteiger partial charge in [-0.2, -0.15) is 0 Å². The molecule has 1 aromatic heterocycles. The summed E-state index contributed by atoms with van der Waals surface area (Å²) in [5.74, 6) is 0. The second kappa shape index (κ2) is 6.45. The Balaban J connectivity index is 2.59. The molecule has 9 heteroatoms. The van der Waals surface area contributed by atoms with Crippen LogP contribution in [0, 0.1) is 0 Å². The average Bonchev–Trinajstić information content (AvgIpc) is 2.36. The number of hydrogen-bond acceptors (Lipinski definition) is 5. The maximum absolute atomic E-state index is 11.8. The normalized spacial score (nSPS) is 14.6. The van der Waals surface area contributed by atoms with Crippen molar-refractivity contribution < 1.29 is 23.4 Å². The summed E-state index contributed by atoms with van der Waals surface area (Å²) in [6.07, 6.45) is -1.15. The second-order valence-corrected chi connectivity index (χ2v) is 5.54. The minimum atomic E-state index is -3.81. The molecule has 1 aromatic rings. The van der Waals surface area contributed by atoms with E-state index in [1.54, 1.807) is 6.07 Å². The highest BCUT2D eigenvalue weighted by atomic mass is 32.2. The molecule has 0 spiro atoms.